The van der Waals surface area contributed by atoms with Crippen LogP contribution in [0.4, 0.5) is 0 Å². The molecule has 0 aliphatic carbocycles. The first kappa shape index (κ1) is 15.3. The number of rotatable bonds is 6. The second kappa shape index (κ2) is 6.15. The molecule has 1 unspecified atom stereocenters. The van der Waals surface area contributed by atoms with E-state index in [2.05, 4.69) is 54.7 Å². The lowest BCUT2D eigenvalue weighted by molar-refractivity contribution is -0.313. The van der Waals surface area contributed by atoms with Crippen molar-refractivity contribution >= 4 is 47.8 Å². The van der Waals surface area contributed by atoms with E-state index in [9.17, 15) is 0 Å². The van der Waals surface area contributed by atoms with Crippen molar-refractivity contribution in [1.29, 1.82) is 0 Å². The fourth-order valence-corrected chi connectivity index (χ4v) is 2.05. The maximum absolute atomic E-state index is 9.06. The Labute approximate surface area is 109 Å². The summed E-state index contributed by atoms with van der Waals surface area (Å²) < 4.78 is -1.35. The van der Waals surface area contributed by atoms with Gasteiger partial charge in [-0.1, -0.05) is 74.0 Å². The lowest BCUT2D eigenvalue weighted by Crippen LogP contribution is -2.50. The molecular formula is C8H15Br3O3. The van der Waals surface area contributed by atoms with Gasteiger partial charge in [0.05, 0.1) is 0 Å². The third kappa shape index (κ3) is 4.45. The van der Waals surface area contributed by atoms with Gasteiger partial charge < -0.3 is 15.3 Å². The molecule has 0 fully saturated rings. The van der Waals surface area contributed by atoms with Gasteiger partial charge in [-0.25, -0.2) is 0 Å². The Balaban J connectivity index is 4.15. The summed E-state index contributed by atoms with van der Waals surface area (Å²) in [6.07, 6.45) is 3.86. The lowest BCUT2D eigenvalue weighted by atomic mass is 10.1. The number of halogens is 3. The van der Waals surface area contributed by atoms with Crippen molar-refractivity contribution in [2.75, 3.05) is 0 Å². The summed E-state index contributed by atoms with van der Waals surface area (Å²) in [5, 5.41) is 27.2. The van der Waals surface area contributed by atoms with Crippen LogP contribution in [0.3, 0.4) is 0 Å². The molecule has 0 aliphatic rings. The molecule has 0 spiro atoms. The zero-order chi connectivity index (χ0) is 11.4. The zero-order valence-corrected chi connectivity index (χ0v) is 12.6. The van der Waals surface area contributed by atoms with Gasteiger partial charge in [0.1, 0.15) is 0 Å². The maximum atomic E-state index is 9.06. The van der Waals surface area contributed by atoms with Gasteiger partial charge in [0, 0.05) is 4.83 Å². The molecule has 0 heterocycles. The smallest absolute Gasteiger partial charge is 0.303 e. The summed E-state index contributed by atoms with van der Waals surface area (Å²) in [5.41, 5.74) is 0. The molecule has 0 aromatic heterocycles. The third-order valence-electron chi connectivity index (χ3n) is 1.90. The first-order valence-corrected chi connectivity index (χ1v) is 6.92. The fourth-order valence-electron chi connectivity index (χ4n) is 0.965. The minimum atomic E-state index is -2.80. The predicted octanol–water partition coefficient (Wildman–Crippen LogP) is 2.45. The van der Waals surface area contributed by atoms with E-state index in [1.54, 1.807) is 0 Å². The topological polar surface area (TPSA) is 60.7 Å². The quantitative estimate of drug-likeness (QED) is 0.366. The Kier molecular flexibility index (Phi) is 6.73. The van der Waals surface area contributed by atoms with Crippen LogP contribution in [0.1, 0.15) is 32.6 Å². The molecule has 0 saturated heterocycles. The van der Waals surface area contributed by atoms with Crippen molar-refractivity contribution in [3.05, 3.63) is 0 Å². The lowest BCUT2D eigenvalue weighted by Gasteiger charge is -2.33. The molecule has 0 aromatic carbocycles. The molecule has 1 atom stereocenters. The minimum Gasteiger partial charge on any atom is -0.342 e. The van der Waals surface area contributed by atoms with Crippen LogP contribution in [-0.2, 0) is 0 Å². The van der Waals surface area contributed by atoms with E-state index in [4.69, 9.17) is 15.3 Å². The van der Waals surface area contributed by atoms with Gasteiger partial charge in [-0.15, -0.1) is 0 Å². The van der Waals surface area contributed by atoms with Crippen molar-refractivity contribution in [2.24, 2.45) is 0 Å². The monoisotopic (exact) mass is 396 g/mol. The summed E-state index contributed by atoms with van der Waals surface area (Å²) >= 11 is 9.37. The van der Waals surface area contributed by atoms with Crippen molar-refractivity contribution in [1.82, 2.24) is 0 Å². The van der Waals surface area contributed by atoms with Crippen LogP contribution >= 0.6 is 47.8 Å². The molecule has 0 amide bonds. The van der Waals surface area contributed by atoms with Crippen LogP contribution in [-0.4, -0.2) is 29.4 Å². The van der Waals surface area contributed by atoms with Crippen molar-refractivity contribution < 1.29 is 15.3 Å². The van der Waals surface area contributed by atoms with Gasteiger partial charge >= 0.3 is 5.97 Å². The summed E-state index contributed by atoms with van der Waals surface area (Å²) in [6, 6.07) is 0. The molecule has 86 valence electrons. The molecule has 14 heavy (non-hydrogen) atoms. The van der Waals surface area contributed by atoms with Crippen LogP contribution in [0.2, 0.25) is 0 Å². The highest BCUT2D eigenvalue weighted by Gasteiger charge is 2.49. The molecule has 0 rings (SSSR count). The maximum Gasteiger partial charge on any atom is 0.303 e. The summed E-state index contributed by atoms with van der Waals surface area (Å²) in [6.45, 7) is 2.09. The van der Waals surface area contributed by atoms with Crippen molar-refractivity contribution in [2.45, 2.75) is 46.6 Å². The second-order valence-corrected chi connectivity index (χ2v) is 7.89. The fraction of sp³-hybridized carbons (Fsp3) is 1.00. The molecule has 0 aliphatic heterocycles. The number of aliphatic hydroxyl groups is 3. The molecule has 0 bridgehead atoms. The minimum absolute atomic E-state index is 0.276. The molecule has 0 saturated carbocycles. The number of hydrogen-bond acceptors (Lipinski definition) is 3. The number of hydrogen-bond donors (Lipinski definition) is 3. The highest BCUT2D eigenvalue weighted by molar-refractivity contribution is 9.26. The molecule has 0 radical (unpaired) electrons. The molecule has 6 heteroatoms. The van der Waals surface area contributed by atoms with Crippen molar-refractivity contribution in [3.8, 4) is 0 Å². The number of alkyl halides is 3. The van der Waals surface area contributed by atoms with Gasteiger partial charge in [-0.3, -0.25) is 0 Å². The van der Waals surface area contributed by atoms with Crippen LogP contribution in [0.25, 0.3) is 0 Å². The Hall–Kier alpha value is 1.32. The van der Waals surface area contributed by atoms with Gasteiger partial charge in [0.25, 0.3) is 0 Å². The standard InChI is InChI=1S/C8H15Br3O3/c1-2-3-4-5-6(9)7(10,11)8(12,13)14/h6,12-14H,2-5H2,1H3. The van der Waals surface area contributed by atoms with Gasteiger partial charge in [0.2, 0.25) is 0 Å². The first-order valence-electron chi connectivity index (χ1n) is 4.42. The highest BCUT2D eigenvalue weighted by atomic mass is 79.9. The normalized spacial score (nSPS) is 15.6. The van der Waals surface area contributed by atoms with E-state index in [-0.39, 0.29) is 4.83 Å². The van der Waals surface area contributed by atoms with E-state index in [0.29, 0.717) is 0 Å². The van der Waals surface area contributed by atoms with E-state index in [1.807, 2.05) is 0 Å². The average molecular weight is 399 g/mol. The summed E-state index contributed by atoms with van der Waals surface area (Å²) in [7, 11) is 0. The third-order valence-corrected chi connectivity index (χ3v) is 6.44. The Morgan fingerprint density at radius 1 is 1.14 bits per heavy atom. The van der Waals surface area contributed by atoms with Gasteiger partial charge in [-0.2, -0.15) is 0 Å². The van der Waals surface area contributed by atoms with E-state index in [0.717, 1.165) is 25.7 Å². The second-order valence-electron chi connectivity index (χ2n) is 3.22. The number of unbranched alkanes of at least 4 members (excludes halogenated alkanes) is 2. The molecule has 3 N–H and O–H groups in total. The van der Waals surface area contributed by atoms with E-state index < -0.39 is 9.21 Å². The summed E-state index contributed by atoms with van der Waals surface area (Å²) in [5.74, 6) is -2.80. The predicted molar refractivity (Wildman–Crippen MR) is 66.8 cm³/mol. The van der Waals surface area contributed by atoms with Crippen molar-refractivity contribution in [3.63, 3.8) is 0 Å². The Bertz CT molecular complexity index is 168. The largest absolute Gasteiger partial charge is 0.342 e. The molecule has 3 nitrogen and oxygen atoms in total. The molecule has 0 aromatic rings. The summed E-state index contributed by atoms with van der Waals surface area (Å²) in [4.78, 5) is -0.276. The average Bonchev–Trinajstić information content (AvgIpc) is 2.02. The van der Waals surface area contributed by atoms with Crippen LogP contribution in [0.15, 0.2) is 0 Å². The SMILES string of the molecule is CCCCCC(Br)C(Br)(Br)C(O)(O)O. The van der Waals surface area contributed by atoms with Crippen LogP contribution < -0.4 is 0 Å². The Morgan fingerprint density at radius 3 is 2.00 bits per heavy atom. The zero-order valence-electron chi connectivity index (χ0n) is 7.88. The van der Waals surface area contributed by atoms with Crippen LogP contribution in [0, 0.1) is 0 Å². The van der Waals surface area contributed by atoms with E-state index >= 15 is 0 Å². The van der Waals surface area contributed by atoms with Crippen LogP contribution in [0.5, 0.6) is 0 Å². The van der Waals surface area contributed by atoms with Gasteiger partial charge in [0.15, 0.2) is 3.23 Å². The Morgan fingerprint density at radius 2 is 1.64 bits per heavy atom. The molecular weight excluding hydrogens is 384 g/mol. The first-order chi connectivity index (χ1) is 6.23. The van der Waals surface area contributed by atoms with Gasteiger partial charge in [-0.05, 0) is 6.42 Å². The highest BCUT2D eigenvalue weighted by Crippen LogP contribution is 2.43. The van der Waals surface area contributed by atoms with E-state index in [1.165, 1.54) is 0 Å².